The first-order valence-electron chi connectivity index (χ1n) is 8.12. The van der Waals surface area contributed by atoms with Crippen molar-refractivity contribution in [1.82, 2.24) is 15.0 Å². The topological polar surface area (TPSA) is 71.6 Å². The molecule has 124 valence electrons. The highest BCUT2D eigenvalue weighted by atomic mass is 16.5. The van der Waals surface area contributed by atoms with E-state index in [0.29, 0.717) is 32.1 Å². The molecule has 2 aromatic rings. The highest BCUT2D eigenvalue weighted by Crippen LogP contribution is 2.23. The van der Waals surface area contributed by atoms with Crippen molar-refractivity contribution in [2.75, 3.05) is 19.8 Å². The fourth-order valence-electron chi connectivity index (χ4n) is 2.86. The zero-order chi connectivity index (χ0) is 16.1. The lowest BCUT2D eigenvalue weighted by molar-refractivity contribution is -0.0335. The molecule has 0 spiro atoms. The highest BCUT2D eigenvalue weighted by Gasteiger charge is 2.27. The van der Waals surface area contributed by atoms with Crippen LogP contribution in [0.3, 0.4) is 0 Å². The van der Waals surface area contributed by atoms with Crippen LogP contribution in [0.5, 0.6) is 0 Å². The molecule has 0 saturated carbocycles. The van der Waals surface area contributed by atoms with Gasteiger partial charge < -0.3 is 14.4 Å². The third kappa shape index (κ3) is 4.16. The quantitative estimate of drug-likeness (QED) is 0.878. The van der Waals surface area contributed by atoms with E-state index in [1.54, 1.807) is 0 Å². The van der Waals surface area contributed by atoms with Gasteiger partial charge in [0.2, 0.25) is 5.89 Å². The molecule has 0 radical (unpaired) electrons. The van der Waals surface area contributed by atoms with Crippen molar-refractivity contribution in [3.8, 4) is 0 Å². The Morgan fingerprint density at radius 2 is 2.17 bits per heavy atom. The number of hydrogen-bond acceptors (Lipinski definition) is 6. The summed E-state index contributed by atoms with van der Waals surface area (Å²) < 4.78 is 10.9. The van der Waals surface area contributed by atoms with Crippen LogP contribution in [0.4, 0.5) is 0 Å². The van der Waals surface area contributed by atoms with E-state index in [-0.39, 0.29) is 6.04 Å². The number of nitrogens with zero attached hydrogens (tertiary/aromatic N) is 3. The lowest BCUT2D eigenvalue weighted by Gasteiger charge is -2.35. The zero-order valence-corrected chi connectivity index (χ0v) is 13.4. The lowest BCUT2D eigenvalue weighted by atomic mass is 10.0. The summed E-state index contributed by atoms with van der Waals surface area (Å²) in [6.45, 7) is 4.70. The third-order valence-corrected chi connectivity index (χ3v) is 4.19. The summed E-state index contributed by atoms with van der Waals surface area (Å²) in [6.07, 6.45) is 0.890. The second-order valence-corrected chi connectivity index (χ2v) is 5.82. The van der Waals surface area contributed by atoms with Crippen LogP contribution in [0, 0.1) is 0 Å². The van der Waals surface area contributed by atoms with E-state index in [2.05, 4.69) is 15.0 Å². The number of aromatic nitrogens is 2. The molecule has 1 aromatic heterocycles. The molecule has 1 aliphatic rings. The van der Waals surface area contributed by atoms with E-state index in [1.807, 2.05) is 37.3 Å². The van der Waals surface area contributed by atoms with Gasteiger partial charge in [-0.15, -0.1) is 0 Å². The van der Waals surface area contributed by atoms with Gasteiger partial charge in [-0.1, -0.05) is 42.4 Å². The fraction of sp³-hybridized carbons (Fsp3) is 0.529. The van der Waals surface area contributed by atoms with Crippen molar-refractivity contribution < 1.29 is 14.4 Å². The van der Waals surface area contributed by atoms with Gasteiger partial charge in [-0.05, 0) is 12.0 Å². The van der Waals surface area contributed by atoms with Crippen LogP contribution in [0.15, 0.2) is 34.9 Å². The molecule has 2 atom stereocenters. The molecule has 1 saturated heterocycles. The van der Waals surface area contributed by atoms with E-state index in [4.69, 9.17) is 9.26 Å². The number of morpholine rings is 1. The van der Waals surface area contributed by atoms with Crippen molar-refractivity contribution in [1.29, 1.82) is 0 Å². The average Bonchev–Trinajstić information content (AvgIpc) is 3.05. The van der Waals surface area contributed by atoms with Crippen LogP contribution in [-0.2, 0) is 17.7 Å². The summed E-state index contributed by atoms with van der Waals surface area (Å²) in [6, 6.07) is 9.87. The Labute approximate surface area is 136 Å². The maximum Gasteiger partial charge on any atom is 0.240 e. The zero-order valence-electron chi connectivity index (χ0n) is 13.4. The molecule has 0 aliphatic carbocycles. The van der Waals surface area contributed by atoms with Crippen molar-refractivity contribution in [3.63, 3.8) is 0 Å². The minimum Gasteiger partial charge on any atom is -0.388 e. The van der Waals surface area contributed by atoms with Gasteiger partial charge >= 0.3 is 0 Å². The summed E-state index contributed by atoms with van der Waals surface area (Å²) in [5.41, 5.74) is 0.934. The summed E-state index contributed by atoms with van der Waals surface area (Å²) in [5.74, 6) is 1.36. The van der Waals surface area contributed by atoms with E-state index < -0.39 is 6.10 Å². The first kappa shape index (κ1) is 16.1. The second kappa shape index (κ2) is 7.68. The Hall–Kier alpha value is -1.76. The van der Waals surface area contributed by atoms with E-state index >= 15 is 0 Å². The Morgan fingerprint density at radius 1 is 1.35 bits per heavy atom. The van der Waals surface area contributed by atoms with E-state index in [9.17, 15) is 5.11 Å². The SMILES string of the molecule is CCc1noc(CN2CCOCC2CC(O)c2ccccc2)n1. The van der Waals surface area contributed by atoms with Crippen molar-refractivity contribution in [2.24, 2.45) is 0 Å². The molecule has 3 rings (SSSR count). The van der Waals surface area contributed by atoms with Crippen LogP contribution >= 0.6 is 0 Å². The maximum absolute atomic E-state index is 10.5. The summed E-state index contributed by atoms with van der Waals surface area (Å²) in [4.78, 5) is 6.62. The molecule has 0 bridgehead atoms. The number of ether oxygens (including phenoxy) is 1. The number of aryl methyl sites for hydroxylation is 1. The van der Waals surface area contributed by atoms with Gasteiger partial charge in [-0.3, -0.25) is 4.90 Å². The van der Waals surface area contributed by atoms with Crippen LogP contribution in [0.2, 0.25) is 0 Å². The average molecular weight is 317 g/mol. The fourth-order valence-corrected chi connectivity index (χ4v) is 2.86. The number of benzene rings is 1. The Balaban J connectivity index is 1.64. The highest BCUT2D eigenvalue weighted by molar-refractivity contribution is 5.17. The van der Waals surface area contributed by atoms with Crippen LogP contribution in [-0.4, -0.2) is 45.9 Å². The molecular weight excluding hydrogens is 294 g/mol. The Kier molecular flexibility index (Phi) is 5.38. The van der Waals surface area contributed by atoms with Crippen molar-refractivity contribution in [3.05, 3.63) is 47.6 Å². The second-order valence-electron chi connectivity index (χ2n) is 5.82. The normalized spacial score (nSPS) is 20.5. The molecule has 6 nitrogen and oxygen atoms in total. The predicted molar refractivity (Wildman–Crippen MR) is 84.7 cm³/mol. The largest absolute Gasteiger partial charge is 0.388 e. The monoisotopic (exact) mass is 317 g/mol. The van der Waals surface area contributed by atoms with Crippen molar-refractivity contribution in [2.45, 2.75) is 38.5 Å². The Bertz CT molecular complexity index is 602. The van der Waals surface area contributed by atoms with Gasteiger partial charge in [0.1, 0.15) is 0 Å². The molecule has 0 amide bonds. The molecule has 1 N–H and O–H groups in total. The van der Waals surface area contributed by atoms with Crippen molar-refractivity contribution >= 4 is 0 Å². The Morgan fingerprint density at radius 3 is 2.91 bits per heavy atom. The van der Waals surface area contributed by atoms with E-state index in [0.717, 1.165) is 24.4 Å². The van der Waals surface area contributed by atoms with Crippen LogP contribution in [0.25, 0.3) is 0 Å². The van der Waals surface area contributed by atoms with Gasteiger partial charge in [0.05, 0.1) is 25.9 Å². The number of aliphatic hydroxyl groups is 1. The van der Waals surface area contributed by atoms with Crippen LogP contribution < -0.4 is 0 Å². The van der Waals surface area contributed by atoms with Gasteiger partial charge in [0.25, 0.3) is 0 Å². The van der Waals surface area contributed by atoms with E-state index in [1.165, 1.54) is 0 Å². The lowest BCUT2D eigenvalue weighted by Crippen LogP contribution is -2.45. The molecule has 23 heavy (non-hydrogen) atoms. The first-order valence-corrected chi connectivity index (χ1v) is 8.12. The number of hydrogen-bond donors (Lipinski definition) is 1. The predicted octanol–water partition coefficient (Wildman–Crippen LogP) is 1.96. The first-order chi connectivity index (χ1) is 11.3. The van der Waals surface area contributed by atoms with Crippen LogP contribution in [0.1, 0.15) is 36.7 Å². The standard InChI is InChI=1S/C17H23N3O3/c1-2-16-18-17(23-19-16)11-20-8-9-22-12-14(20)10-15(21)13-6-4-3-5-7-13/h3-7,14-15,21H,2,8-12H2,1H3. The van der Waals surface area contributed by atoms with Gasteiger partial charge in [0, 0.05) is 19.0 Å². The maximum atomic E-state index is 10.5. The number of rotatable bonds is 6. The molecule has 1 fully saturated rings. The molecule has 2 heterocycles. The summed E-state index contributed by atoms with van der Waals surface area (Å²) >= 11 is 0. The molecule has 1 aliphatic heterocycles. The smallest absolute Gasteiger partial charge is 0.240 e. The minimum atomic E-state index is -0.501. The van der Waals surface area contributed by atoms with Gasteiger partial charge in [0.15, 0.2) is 5.82 Å². The summed E-state index contributed by atoms with van der Waals surface area (Å²) in [5, 5.41) is 14.4. The number of aliphatic hydroxyl groups excluding tert-OH is 1. The molecular formula is C17H23N3O3. The summed E-state index contributed by atoms with van der Waals surface area (Å²) in [7, 11) is 0. The van der Waals surface area contributed by atoms with Gasteiger partial charge in [-0.2, -0.15) is 4.98 Å². The molecule has 1 aromatic carbocycles. The molecule has 6 heteroatoms. The minimum absolute atomic E-state index is 0.135. The molecule has 2 unspecified atom stereocenters. The van der Waals surface area contributed by atoms with Gasteiger partial charge in [-0.25, -0.2) is 0 Å². The third-order valence-electron chi connectivity index (χ3n) is 4.19.